The molecule has 0 aliphatic rings. The molecule has 6 heteroatoms. The molecule has 0 heterocycles. The van der Waals surface area contributed by atoms with Gasteiger partial charge in [0.25, 0.3) is 0 Å². The van der Waals surface area contributed by atoms with Gasteiger partial charge in [0.1, 0.15) is 0 Å². The van der Waals surface area contributed by atoms with Gasteiger partial charge in [-0.25, -0.2) is 0 Å². The second kappa shape index (κ2) is 3.81. The molecule has 0 atom stereocenters. The van der Waals surface area contributed by atoms with Crippen LogP contribution in [0.15, 0.2) is 0 Å². The Labute approximate surface area is 60.8 Å². The van der Waals surface area contributed by atoms with Crippen molar-refractivity contribution in [3.63, 3.8) is 0 Å². The van der Waals surface area contributed by atoms with Gasteiger partial charge in [-0.05, 0) is 0 Å². The molecule has 62 valence electrons. The van der Waals surface area contributed by atoms with Gasteiger partial charge in [0.05, 0.1) is 12.5 Å². The fourth-order valence-electron chi connectivity index (χ4n) is 0.332. The molecule has 0 aromatic carbocycles. The van der Waals surface area contributed by atoms with Crippen molar-refractivity contribution in [2.24, 2.45) is 0 Å². The van der Waals surface area contributed by atoms with Crippen LogP contribution < -0.4 is 5.32 Å². The van der Waals surface area contributed by atoms with Crippen LogP contribution in [0.2, 0.25) is 0 Å². The van der Waals surface area contributed by atoms with Crippen molar-refractivity contribution < 1.29 is 18.0 Å². The lowest BCUT2D eigenvalue weighted by atomic mass is 10.4. The van der Waals surface area contributed by atoms with Gasteiger partial charge >= 0.3 is 12.1 Å². The normalized spacial score (nSPS) is 10.4. The van der Waals surface area contributed by atoms with E-state index in [-0.39, 0.29) is 13.0 Å². The lowest BCUT2D eigenvalue weighted by Gasteiger charge is -2.04. The number of nitrogens with one attached hydrogen (secondary N) is 1. The molecule has 11 heavy (non-hydrogen) atoms. The molecule has 0 unspecified atom stereocenters. The van der Waals surface area contributed by atoms with E-state index in [9.17, 15) is 18.0 Å². The molecule has 0 aromatic rings. The Bertz CT molecular complexity index is 181. The number of alkyl halides is 3. The minimum absolute atomic E-state index is 0.123. The highest BCUT2D eigenvalue weighted by Crippen LogP contribution is 2.13. The Morgan fingerprint density at radius 2 is 2.09 bits per heavy atom. The fourth-order valence-corrected chi connectivity index (χ4v) is 0.332. The van der Waals surface area contributed by atoms with Crippen LogP contribution in [0.1, 0.15) is 6.42 Å². The van der Waals surface area contributed by atoms with Gasteiger partial charge in [0.2, 0.25) is 0 Å². The van der Waals surface area contributed by atoms with Crippen molar-refractivity contribution in [3.8, 4) is 6.07 Å². The van der Waals surface area contributed by atoms with Crippen LogP contribution in [0.3, 0.4) is 0 Å². The minimum Gasteiger partial charge on any atom is -0.347 e. The van der Waals surface area contributed by atoms with Gasteiger partial charge in [-0.15, -0.1) is 0 Å². The van der Waals surface area contributed by atoms with Crippen LogP contribution in [-0.4, -0.2) is 18.6 Å². The number of nitrogens with zero attached hydrogens (tertiary/aromatic N) is 1. The number of halogens is 3. The molecule has 1 N–H and O–H groups in total. The lowest BCUT2D eigenvalue weighted by Crippen LogP contribution is -2.37. The first-order valence-electron chi connectivity index (χ1n) is 2.70. The second-order valence-electron chi connectivity index (χ2n) is 1.66. The third-order valence-electron chi connectivity index (χ3n) is 0.780. The van der Waals surface area contributed by atoms with Gasteiger partial charge in [-0.1, -0.05) is 0 Å². The lowest BCUT2D eigenvalue weighted by molar-refractivity contribution is -0.173. The highest BCUT2D eigenvalue weighted by molar-refractivity contribution is 5.81. The van der Waals surface area contributed by atoms with Crippen molar-refractivity contribution in [3.05, 3.63) is 0 Å². The molecule has 1 amide bonds. The predicted octanol–water partition coefficient (Wildman–Crippen LogP) is 0.579. The number of hydrogen-bond donors (Lipinski definition) is 1. The van der Waals surface area contributed by atoms with Crippen LogP contribution in [0.5, 0.6) is 0 Å². The predicted molar refractivity (Wildman–Crippen MR) is 29.3 cm³/mol. The van der Waals surface area contributed by atoms with E-state index in [1.807, 2.05) is 0 Å². The summed E-state index contributed by atoms with van der Waals surface area (Å²) in [7, 11) is 0. The molecular formula is C5H5F3N2O. The zero-order chi connectivity index (χ0) is 8.91. The third kappa shape index (κ3) is 4.19. The quantitative estimate of drug-likeness (QED) is 0.610. The van der Waals surface area contributed by atoms with E-state index < -0.39 is 12.1 Å². The summed E-state index contributed by atoms with van der Waals surface area (Å²) < 4.78 is 34.1. The average Bonchev–Trinajstić information content (AvgIpc) is 1.86. The molecule has 0 aliphatic carbocycles. The Balaban J connectivity index is 3.64. The van der Waals surface area contributed by atoms with Gasteiger partial charge < -0.3 is 5.32 Å². The molecule has 0 rings (SSSR count). The summed E-state index contributed by atoms with van der Waals surface area (Å²) in [6.07, 6.45) is -4.97. The van der Waals surface area contributed by atoms with Crippen LogP contribution in [-0.2, 0) is 4.79 Å². The van der Waals surface area contributed by atoms with Gasteiger partial charge in [-0.3, -0.25) is 4.79 Å². The zero-order valence-corrected chi connectivity index (χ0v) is 5.40. The average molecular weight is 166 g/mol. The molecule has 0 aliphatic heterocycles. The first-order chi connectivity index (χ1) is 4.98. The van der Waals surface area contributed by atoms with E-state index in [2.05, 4.69) is 0 Å². The maximum atomic E-state index is 11.4. The van der Waals surface area contributed by atoms with Gasteiger partial charge in [-0.2, -0.15) is 18.4 Å². The number of nitriles is 1. The maximum absolute atomic E-state index is 11.4. The number of rotatable bonds is 2. The van der Waals surface area contributed by atoms with E-state index in [4.69, 9.17) is 5.26 Å². The zero-order valence-electron chi connectivity index (χ0n) is 5.40. The van der Waals surface area contributed by atoms with Crippen LogP contribution >= 0.6 is 0 Å². The van der Waals surface area contributed by atoms with Crippen LogP contribution in [0.25, 0.3) is 0 Å². The number of carbonyl (C=O) groups excluding carboxylic acids is 1. The van der Waals surface area contributed by atoms with Crippen LogP contribution in [0.4, 0.5) is 13.2 Å². The summed E-state index contributed by atoms with van der Waals surface area (Å²) >= 11 is 0. The van der Waals surface area contributed by atoms with Crippen molar-refractivity contribution >= 4 is 5.91 Å². The molecule has 0 fully saturated rings. The van der Waals surface area contributed by atoms with E-state index in [0.717, 1.165) is 0 Å². The Hall–Kier alpha value is -1.25. The molecular weight excluding hydrogens is 161 g/mol. The van der Waals surface area contributed by atoms with Crippen molar-refractivity contribution in [1.82, 2.24) is 5.32 Å². The Morgan fingerprint density at radius 3 is 2.45 bits per heavy atom. The van der Waals surface area contributed by atoms with Crippen molar-refractivity contribution in [1.29, 1.82) is 5.26 Å². The molecule has 0 spiro atoms. The summed E-state index contributed by atoms with van der Waals surface area (Å²) in [4.78, 5) is 9.99. The highest BCUT2D eigenvalue weighted by Gasteiger charge is 2.38. The second-order valence-corrected chi connectivity index (χ2v) is 1.66. The Morgan fingerprint density at radius 1 is 1.55 bits per heavy atom. The van der Waals surface area contributed by atoms with Gasteiger partial charge in [0.15, 0.2) is 0 Å². The molecule has 0 bridgehead atoms. The fraction of sp³-hybridized carbons (Fsp3) is 0.600. The third-order valence-corrected chi connectivity index (χ3v) is 0.780. The first-order valence-corrected chi connectivity index (χ1v) is 2.70. The summed E-state index contributed by atoms with van der Waals surface area (Å²) in [6, 6.07) is 1.59. The summed E-state index contributed by atoms with van der Waals surface area (Å²) in [5.41, 5.74) is 0. The number of carbonyl (C=O) groups is 1. The molecule has 0 radical (unpaired) electrons. The Kier molecular flexibility index (Phi) is 3.37. The molecule has 0 saturated heterocycles. The monoisotopic (exact) mass is 166 g/mol. The van der Waals surface area contributed by atoms with E-state index in [1.165, 1.54) is 5.32 Å². The maximum Gasteiger partial charge on any atom is 0.471 e. The van der Waals surface area contributed by atoms with E-state index >= 15 is 0 Å². The van der Waals surface area contributed by atoms with Gasteiger partial charge in [0, 0.05) is 6.54 Å². The first kappa shape index (κ1) is 9.75. The number of hydrogen-bond acceptors (Lipinski definition) is 2. The summed E-state index contributed by atoms with van der Waals surface area (Å²) in [6.45, 7) is -0.269. The van der Waals surface area contributed by atoms with Crippen molar-refractivity contribution in [2.45, 2.75) is 12.6 Å². The summed E-state index contributed by atoms with van der Waals surface area (Å²) in [5, 5.41) is 9.44. The molecule has 0 saturated carbocycles. The smallest absolute Gasteiger partial charge is 0.347 e. The van der Waals surface area contributed by atoms with Crippen molar-refractivity contribution in [2.75, 3.05) is 6.54 Å². The highest BCUT2D eigenvalue weighted by atomic mass is 19.4. The van der Waals surface area contributed by atoms with E-state index in [0.29, 0.717) is 0 Å². The topological polar surface area (TPSA) is 52.9 Å². The van der Waals surface area contributed by atoms with Crippen LogP contribution in [0, 0.1) is 11.3 Å². The largest absolute Gasteiger partial charge is 0.471 e. The standard InChI is InChI=1S/C5H5F3N2O/c6-5(7,8)4(11)10-3-1-2-9/h1,3H2,(H,10,11). The summed E-state index contributed by atoms with van der Waals surface area (Å²) in [5.74, 6) is -2.01. The SMILES string of the molecule is N#CCCNC(=O)C(F)(F)F. The minimum atomic E-state index is -4.85. The van der Waals surface area contributed by atoms with E-state index in [1.54, 1.807) is 6.07 Å². The molecule has 3 nitrogen and oxygen atoms in total. The number of amides is 1. The molecule has 0 aromatic heterocycles.